The second-order valence-electron chi connectivity index (χ2n) is 9.01. The van der Waals surface area contributed by atoms with E-state index in [-0.39, 0.29) is 0 Å². The Hall–Kier alpha value is -0.780. The quantitative estimate of drug-likeness (QED) is 0.479. The highest BCUT2D eigenvalue weighted by molar-refractivity contribution is 5.27. The smallest absolute Gasteiger partial charge is 0.0274 e. The normalized spacial score (nSPS) is 30.3. The second-order valence-corrected chi connectivity index (χ2v) is 9.01. The van der Waals surface area contributed by atoms with Crippen LogP contribution in [0.4, 0.5) is 0 Å². The average molecular weight is 341 g/mol. The summed E-state index contributed by atoms with van der Waals surface area (Å²) >= 11 is 0. The first kappa shape index (κ1) is 19.0. The summed E-state index contributed by atoms with van der Waals surface area (Å²) in [5.41, 5.74) is 3.18. The van der Waals surface area contributed by atoms with Crippen molar-refractivity contribution in [2.45, 2.75) is 97.3 Å². The van der Waals surface area contributed by atoms with Crippen LogP contribution in [-0.4, -0.2) is 0 Å². The summed E-state index contributed by atoms with van der Waals surface area (Å²) < 4.78 is 0. The van der Waals surface area contributed by atoms with Gasteiger partial charge in [-0.05, 0) is 79.7 Å². The predicted octanol–water partition coefficient (Wildman–Crippen LogP) is 7.59. The Morgan fingerprint density at radius 1 is 0.680 bits per heavy atom. The standard InChI is InChI=1S/C25H40/c1-3-7-20-10-16-24(17-11-20)25-18-13-21(14-19-25)12-15-23-9-6-5-8-22(23)4-2/h5-6,8-9,20-21,24-25H,3-4,7,10-19H2,1-2H3. The molecule has 0 saturated heterocycles. The monoisotopic (exact) mass is 340 g/mol. The Morgan fingerprint density at radius 3 is 1.72 bits per heavy atom. The van der Waals surface area contributed by atoms with Gasteiger partial charge >= 0.3 is 0 Å². The van der Waals surface area contributed by atoms with E-state index in [2.05, 4.69) is 38.1 Å². The van der Waals surface area contributed by atoms with E-state index in [1.54, 1.807) is 24.0 Å². The topological polar surface area (TPSA) is 0 Å². The van der Waals surface area contributed by atoms with Crippen LogP contribution in [0, 0.1) is 23.7 Å². The molecule has 140 valence electrons. The zero-order valence-electron chi connectivity index (χ0n) is 16.8. The van der Waals surface area contributed by atoms with E-state index in [0.29, 0.717) is 0 Å². The highest BCUT2D eigenvalue weighted by Crippen LogP contribution is 2.42. The lowest BCUT2D eigenvalue weighted by atomic mass is 9.68. The number of rotatable bonds is 7. The molecule has 25 heavy (non-hydrogen) atoms. The zero-order chi connectivity index (χ0) is 17.5. The van der Waals surface area contributed by atoms with Gasteiger partial charge in [0.1, 0.15) is 0 Å². The van der Waals surface area contributed by atoms with Gasteiger partial charge in [0.25, 0.3) is 0 Å². The third-order valence-corrected chi connectivity index (χ3v) is 7.47. The third-order valence-electron chi connectivity index (χ3n) is 7.47. The summed E-state index contributed by atoms with van der Waals surface area (Å²) in [5, 5.41) is 0. The molecule has 0 aromatic heterocycles. The molecule has 0 radical (unpaired) electrons. The average Bonchev–Trinajstić information content (AvgIpc) is 2.68. The fraction of sp³-hybridized carbons (Fsp3) is 0.760. The van der Waals surface area contributed by atoms with Gasteiger partial charge in [-0.15, -0.1) is 0 Å². The molecule has 2 saturated carbocycles. The molecule has 0 atom stereocenters. The highest BCUT2D eigenvalue weighted by atomic mass is 14.4. The van der Waals surface area contributed by atoms with Crippen LogP contribution >= 0.6 is 0 Å². The summed E-state index contributed by atoms with van der Waals surface area (Å²) in [6.45, 7) is 4.64. The SMILES string of the molecule is CCCC1CCC(C2CCC(CCc3ccccc3CC)CC2)CC1. The van der Waals surface area contributed by atoms with Gasteiger partial charge in [-0.3, -0.25) is 0 Å². The van der Waals surface area contributed by atoms with Crippen LogP contribution in [0.1, 0.15) is 95.6 Å². The van der Waals surface area contributed by atoms with Crippen molar-refractivity contribution in [3.8, 4) is 0 Å². The van der Waals surface area contributed by atoms with E-state index < -0.39 is 0 Å². The van der Waals surface area contributed by atoms with E-state index in [0.717, 1.165) is 23.7 Å². The Balaban J connectivity index is 1.39. The van der Waals surface area contributed by atoms with Crippen LogP contribution in [0.25, 0.3) is 0 Å². The maximum Gasteiger partial charge on any atom is -0.0274 e. The second kappa shape index (κ2) is 9.79. The molecule has 0 unspecified atom stereocenters. The molecule has 2 fully saturated rings. The van der Waals surface area contributed by atoms with Crippen LogP contribution in [-0.2, 0) is 12.8 Å². The van der Waals surface area contributed by atoms with Crippen molar-refractivity contribution in [1.29, 1.82) is 0 Å². The first-order valence-electron chi connectivity index (χ1n) is 11.4. The molecule has 0 bridgehead atoms. The minimum atomic E-state index is 0.998. The maximum absolute atomic E-state index is 2.36. The van der Waals surface area contributed by atoms with E-state index >= 15 is 0 Å². The van der Waals surface area contributed by atoms with Crippen LogP contribution in [0.3, 0.4) is 0 Å². The van der Waals surface area contributed by atoms with Crippen LogP contribution < -0.4 is 0 Å². The van der Waals surface area contributed by atoms with Crippen molar-refractivity contribution >= 4 is 0 Å². The van der Waals surface area contributed by atoms with Gasteiger partial charge in [0.2, 0.25) is 0 Å². The van der Waals surface area contributed by atoms with Crippen molar-refractivity contribution in [1.82, 2.24) is 0 Å². The Labute approximate surface area is 156 Å². The molecule has 0 nitrogen and oxygen atoms in total. The van der Waals surface area contributed by atoms with Gasteiger partial charge in [0, 0.05) is 0 Å². The molecule has 0 N–H and O–H groups in total. The lowest BCUT2D eigenvalue weighted by Crippen LogP contribution is -2.26. The summed E-state index contributed by atoms with van der Waals surface area (Å²) in [5.74, 6) is 4.21. The molecule has 1 aromatic carbocycles. The molecule has 2 aliphatic rings. The Bertz CT molecular complexity index is 487. The summed E-state index contributed by atoms with van der Waals surface area (Å²) in [7, 11) is 0. The third kappa shape index (κ3) is 5.35. The van der Waals surface area contributed by atoms with E-state index in [1.165, 1.54) is 70.6 Å². The molecule has 1 aromatic rings. The number of benzene rings is 1. The zero-order valence-corrected chi connectivity index (χ0v) is 16.8. The minimum absolute atomic E-state index is 0.998. The first-order valence-corrected chi connectivity index (χ1v) is 11.4. The highest BCUT2D eigenvalue weighted by Gasteiger charge is 2.30. The predicted molar refractivity (Wildman–Crippen MR) is 110 cm³/mol. The molecular weight excluding hydrogens is 300 g/mol. The van der Waals surface area contributed by atoms with Crippen LogP contribution in [0.2, 0.25) is 0 Å². The van der Waals surface area contributed by atoms with Crippen molar-refractivity contribution in [3.63, 3.8) is 0 Å². The van der Waals surface area contributed by atoms with Crippen molar-refractivity contribution in [2.75, 3.05) is 0 Å². The molecule has 0 heterocycles. The van der Waals surface area contributed by atoms with Gasteiger partial charge in [-0.25, -0.2) is 0 Å². The summed E-state index contributed by atoms with van der Waals surface area (Å²) in [6.07, 6.45) is 19.0. The van der Waals surface area contributed by atoms with E-state index in [1.807, 2.05) is 0 Å². The first-order chi connectivity index (χ1) is 12.3. The molecular formula is C25H40. The van der Waals surface area contributed by atoms with Gasteiger partial charge in [0.05, 0.1) is 0 Å². The van der Waals surface area contributed by atoms with E-state index in [9.17, 15) is 0 Å². The fourth-order valence-corrected chi connectivity index (χ4v) is 5.81. The van der Waals surface area contributed by atoms with Crippen LogP contribution in [0.5, 0.6) is 0 Å². The molecule has 0 aliphatic heterocycles. The lowest BCUT2D eigenvalue weighted by molar-refractivity contribution is 0.141. The van der Waals surface area contributed by atoms with Crippen molar-refractivity contribution in [2.24, 2.45) is 23.7 Å². The number of hydrogen-bond acceptors (Lipinski definition) is 0. The number of aryl methyl sites for hydroxylation is 2. The van der Waals surface area contributed by atoms with Gasteiger partial charge in [-0.2, -0.15) is 0 Å². The maximum atomic E-state index is 2.36. The van der Waals surface area contributed by atoms with Gasteiger partial charge in [0.15, 0.2) is 0 Å². The van der Waals surface area contributed by atoms with Crippen molar-refractivity contribution < 1.29 is 0 Å². The molecule has 2 aliphatic carbocycles. The molecule has 3 rings (SSSR count). The summed E-state index contributed by atoms with van der Waals surface area (Å²) in [6, 6.07) is 9.10. The molecule has 0 spiro atoms. The molecule has 0 heteroatoms. The fourth-order valence-electron chi connectivity index (χ4n) is 5.81. The van der Waals surface area contributed by atoms with E-state index in [4.69, 9.17) is 0 Å². The Morgan fingerprint density at radius 2 is 1.20 bits per heavy atom. The van der Waals surface area contributed by atoms with Crippen molar-refractivity contribution in [3.05, 3.63) is 35.4 Å². The Kier molecular flexibility index (Phi) is 7.44. The van der Waals surface area contributed by atoms with Crippen LogP contribution in [0.15, 0.2) is 24.3 Å². The van der Waals surface area contributed by atoms with Gasteiger partial charge < -0.3 is 0 Å². The number of hydrogen-bond donors (Lipinski definition) is 0. The summed E-state index contributed by atoms with van der Waals surface area (Å²) in [4.78, 5) is 0. The lowest BCUT2D eigenvalue weighted by Gasteiger charge is -2.38. The van der Waals surface area contributed by atoms with Gasteiger partial charge in [-0.1, -0.05) is 76.6 Å². The minimum Gasteiger partial charge on any atom is -0.0654 e. The largest absolute Gasteiger partial charge is 0.0654 e. The molecule has 0 amide bonds.